The maximum Gasteiger partial charge on any atom is 0.309 e. The molecule has 7 rings (SSSR count). The summed E-state index contributed by atoms with van der Waals surface area (Å²) in [4.78, 5) is 27.2. The third-order valence-electron chi connectivity index (χ3n) is 17.1. The van der Waals surface area contributed by atoms with Crippen LogP contribution >= 0.6 is 0 Å². The lowest BCUT2D eigenvalue weighted by Crippen LogP contribution is -2.67. The van der Waals surface area contributed by atoms with Crippen LogP contribution in [0.2, 0.25) is 0 Å². The molecule has 3 N–H and O–H groups in total. The predicted octanol–water partition coefficient (Wildman–Crippen LogP) is 6.52. The Morgan fingerprint density at radius 3 is 2.37 bits per heavy atom. The highest BCUT2D eigenvalue weighted by atomic mass is 16.5. The Kier molecular flexibility index (Phi) is 8.69. The molecule has 0 aromatic carbocycles. The Morgan fingerprint density at radius 1 is 0.826 bits per heavy atom. The lowest BCUT2D eigenvalue weighted by atomic mass is 9.34. The molecule has 14 atom stereocenters. The molecule has 6 saturated carbocycles. The lowest BCUT2D eigenvalue weighted by molar-refractivity contribution is -0.231. The first kappa shape index (κ1) is 33.3. The first-order chi connectivity index (χ1) is 21.9. The van der Waals surface area contributed by atoms with Crippen LogP contribution < -0.4 is 5.32 Å². The zero-order valence-corrected chi connectivity index (χ0v) is 29.6. The van der Waals surface area contributed by atoms with Crippen molar-refractivity contribution >= 4 is 11.9 Å². The van der Waals surface area contributed by atoms with Crippen LogP contribution in [0.5, 0.6) is 0 Å². The molecule has 1 aliphatic heterocycles. The van der Waals surface area contributed by atoms with Crippen molar-refractivity contribution in [2.45, 2.75) is 142 Å². The highest BCUT2D eigenvalue weighted by Gasteiger charge is 2.69. The van der Waals surface area contributed by atoms with Gasteiger partial charge in [0.1, 0.15) is 6.10 Å². The number of likely N-dealkylation sites (tertiary alicyclic amines) is 1. The molecule has 0 radical (unpaired) electrons. The van der Waals surface area contributed by atoms with Crippen molar-refractivity contribution < 1.29 is 24.5 Å². The smallest absolute Gasteiger partial charge is 0.309 e. The summed E-state index contributed by atoms with van der Waals surface area (Å²) in [6, 6.07) is 0.364. The largest absolute Gasteiger partial charge is 0.481 e. The number of esters is 1. The quantitative estimate of drug-likeness (QED) is 0.260. The van der Waals surface area contributed by atoms with Gasteiger partial charge < -0.3 is 20.3 Å². The second-order valence-electron chi connectivity index (χ2n) is 18.3. The number of fused-ring (bicyclic) bond motifs is 7. The number of nitrogens with zero attached hydrogens (tertiary/aromatic N) is 1. The molecule has 0 spiro atoms. The summed E-state index contributed by atoms with van der Waals surface area (Å²) in [6.45, 7) is 15.8. The molecule has 1 saturated heterocycles. The van der Waals surface area contributed by atoms with Crippen LogP contribution in [0.4, 0.5) is 0 Å². The average molecular weight is 641 g/mol. The van der Waals surface area contributed by atoms with Gasteiger partial charge in [0.05, 0.1) is 18.4 Å². The highest BCUT2D eigenvalue weighted by molar-refractivity contribution is 5.80. The van der Waals surface area contributed by atoms with Gasteiger partial charge >= 0.3 is 11.9 Å². The summed E-state index contributed by atoms with van der Waals surface area (Å²) in [5, 5.41) is 23.5. The van der Waals surface area contributed by atoms with Gasteiger partial charge in [0.2, 0.25) is 0 Å². The Morgan fingerprint density at radius 2 is 1.63 bits per heavy atom. The second kappa shape index (κ2) is 12.0. The van der Waals surface area contributed by atoms with E-state index in [-0.39, 0.29) is 29.3 Å². The topological polar surface area (TPSA) is 99.1 Å². The van der Waals surface area contributed by atoms with Gasteiger partial charge in [-0.1, -0.05) is 41.0 Å². The molecule has 0 aromatic heterocycles. The van der Waals surface area contributed by atoms with Crippen molar-refractivity contribution in [3.63, 3.8) is 0 Å². The van der Waals surface area contributed by atoms with E-state index in [2.05, 4.69) is 37.9 Å². The van der Waals surface area contributed by atoms with Gasteiger partial charge in [0.15, 0.2) is 0 Å². The Bertz CT molecular complexity index is 1180. The molecule has 0 bridgehead atoms. The molecular weight excluding hydrogens is 576 g/mol. The third-order valence-corrected chi connectivity index (χ3v) is 17.1. The molecule has 6 aliphatic carbocycles. The van der Waals surface area contributed by atoms with E-state index in [1.807, 2.05) is 6.92 Å². The number of hydrogen-bond acceptors (Lipinski definition) is 6. The van der Waals surface area contributed by atoms with Crippen LogP contribution in [-0.2, 0) is 14.3 Å². The van der Waals surface area contributed by atoms with Gasteiger partial charge in [-0.25, -0.2) is 0 Å². The van der Waals surface area contributed by atoms with Gasteiger partial charge in [-0.3, -0.25) is 14.5 Å². The maximum absolute atomic E-state index is 13.2. The number of hydrogen-bond donors (Lipinski definition) is 3. The molecule has 7 nitrogen and oxygen atoms in total. The third kappa shape index (κ3) is 4.88. The SMILES string of the molecule is CC1C(C(=O)O)CC1C(=O)OC1CCC2(C)C(CCC3(C)C2CCC2[C@H]4CCCC4(NCCN4CCCC4CO)CC[C@]23C)C1C. The van der Waals surface area contributed by atoms with E-state index in [0.29, 0.717) is 47.3 Å². The average Bonchev–Trinajstić information content (AvgIpc) is 3.65. The van der Waals surface area contributed by atoms with E-state index >= 15 is 0 Å². The second-order valence-corrected chi connectivity index (χ2v) is 18.3. The van der Waals surface area contributed by atoms with Gasteiger partial charge in [-0.15, -0.1) is 0 Å². The Balaban J connectivity index is 1.02. The number of nitrogens with one attached hydrogen (secondary N) is 1. The van der Waals surface area contributed by atoms with Crippen LogP contribution in [0, 0.1) is 63.6 Å². The highest BCUT2D eigenvalue weighted by Crippen LogP contribution is 2.75. The number of aliphatic hydroxyl groups excluding tert-OH is 1. The first-order valence-corrected chi connectivity index (χ1v) is 19.4. The van der Waals surface area contributed by atoms with Crippen molar-refractivity contribution in [3.05, 3.63) is 0 Å². The number of ether oxygens (including phenoxy) is 1. The standard InChI is InChI=1S/C39H64N2O5/c1-24-27(34(43)44)22-28(24)35(45)46-32-13-15-36(3)29(25(32)2)12-16-38(5)33(36)11-10-30-31-9-6-14-39(31,18-17-37(30,38)4)40-19-21-41-20-7-8-26(41)23-42/h24-33,40,42H,6-23H2,1-5H3,(H,43,44)/t24?,25?,26?,27?,28?,29?,30?,31-,32?,33?,36?,37-,38?,39?/m1/s1. The molecule has 0 aromatic rings. The summed E-state index contributed by atoms with van der Waals surface area (Å²) in [7, 11) is 0. The Labute approximate surface area is 278 Å². The molecule has 7 fully saturated rings. The first-order valence-electron chi connectivity index (χ1n) is 19.4. The fourth-order valence-electron chi connectivity index (χ4n) is 14.1. The fraction of sp³-hybridized carbons (Fsp3) is 0.949. The van der Waals surface area contributed by atoms with Gasteiger partial charge in [-0.05, 0) is 142 Å². The molecule has 12 unspecified atom stereocenters. The zero-order valence-electron chi connectivity index (χ0n) is 29.6. The van der Waals surface area contributed by atoms with Crippen LogP contribution in [0.1, 0.15) is 125 Å². The van der Waals surface area contributed by atoms with Gasteiger partial charge in [0.25, 0.3) is 0 Å². The van der Waals surface area contributed by atoms with Crippen LogP contribution in [0.3, 0.4) is 0 Å². The van der Waals surface area contributed by atoms with Crippen LogP contribution in [-0.4, -0.2) is 71.0 Å². The number of carboxylic acid groups (broad SMARTS) is 1. The van der Waals surface area contributed by atoms with E-state index in [9.17, 15) is 19.8 Å². The summed E-state index contributed by atoms with van der Waals surface area (Å²) in [5.41, 5.74) is 1.30. The van der Waals surface area contributed by atoms with Crippen molar-refractivity contribution in [2.24, 2.45) is 63.6 Å². The number of carbonyl (C=O) groups excluding carboxylic acids is 1. The molecule has 46 heavy (non-hydrogen) atoms. The number of carboxylic acids is 1. The van der Waals surface area contributed by atoms with Gasteiger partial charge in [-0.2, -0.15) is 0 Å². The van der Waals surface area contributed by atoms with Crippen molar-refractivity contribution in [1.29, 1.82) is 0 Å². The molecule has 7 heteroatoms. The van der Waals surface area contributed by atoms with E-state index < -0.39 is 11.9 Å². The molecule has 0 amide bonds. The van der Waals surface area contributed by atoms with Gasteiger partial charge in [0, 0.05) is 24.7 Å². The minimum atomic E-state index is -0.783. The van der Waals surface area contributed by atoms with E-state index in [1.54, 1.807) is 0 Å². The molecule has 1 heterocycles. The number of carbonyl (C=O) groups is 2. The van der Waals surface area contributed by atoms with Crippen molar-refractivity contribution in [3.8, 4) is 0 Å². The number of aliphatic hydroxyl groups is 1. The van der Waals surface area contributed by atoms with E-state index in [0.717, 1.165) is 56.7 Å². The summed E-state index contributed by atoms with van der Waals surface area (Å²) >= 11 is 0. The van der Waals surface area contributed by atoms with E-state index in [1.165, 1.54) is 64.2 Å². The zero-order chi connectivity index (χ0) is 32.6. The maximum atomic E-state index is 13.2. The minimum absolute atomic E-state index is 0.0361. The van der Waals surface area contributed by atoms with Crippen molar-refractivity contribution in [1.82, 2.24) is 10.2 Å². The van der Waals surface area contributed by atoms with Crippen LogP contribution in [0.15, 0.2) is 0 Å². The molecule has 260 valence electrons. The lowest BCUT2D eigenvalue weighted by Gasteiger charge is -2.71. The van der Waals surface area contributed by atoms with E-state index in [4.69, 9.17) is 4.74 Å². The minimum Gasteiger partial charge on any atom is -0.481 e. The fourth-order valence-corrected chi connectivity index (χ4v) is 14.1. The summed E-state index contributed by atoms with van der Waals surface area (Å²) in [6.07, 6.45) is 16.8. The molecular formula is C39H64N2O5. The summed E-state index contributed by atoms with van der Waals surface area (Å²) in [5.74, 6) is 1.49. The van der Waals surface area contributed by atoms with Crippen molar-refractivity contribution in [2.75, 3.05) is 26.2 Å². The normalized spacial score (nSPS) is 51.7. The van der Waals surface area contributed by atoms with Crippen LogP contribution in [0.25, 0.3) is 0 Å². The monoisotopic (exact) mass is 640 g/mol. The number of rotatable bonds is 8. The predicted molar refractivity (Wildman–Crippen MR) is 179 cm³/mol. The summed E-state index contributed by atoms with van der Waals surface area (Å²) < 4.78 is 6.25. The Hall–Kier alpha value is -1.18. The number of aliphatic carboxylic acids is 1. The molecule has 7 aliphatic rings.